The van der Waals surface area contributed by atoms with E-state index in [0.29, 0.717) is 12.5 Å². The fourth-order valence-corrected chi connectivity index (χ4v) is 3.78. The molecule has 0 saturated heterocycles. The topological polar surface area (TPSA) is 53.7 Å². The average molecular weight is 475 g/mol. The Balaban J connectivity index is 0.00000208. The molecular weight excluding hydrogens is 453 g/mol. The Hall–Kier alpha value is -1.13. The predicted molar refractivity (Wildman–Crippen MR) is 114 cm³/mol. The molecule has 5 nitrogen and oxygen atoms in total. The van der Waals surface area contributed by atoms with Crippen LogP contribution in [0.4, 0.5) is 0 Å². The maximum atomic E-state index is 4.64. The number of thiazole rings is 1. The molecule has 0 aliphatic rings. The van der Waals surface area contributed by atoms with E-state index in [-0.39, 0.29) is 24.0 Å². The lowest BCUT2D eigenvalue weighted by Gasteiger charge is -2.14. The van der Waals surface area contributed by atoms with Crippen LogP contribution in [-0.2, 0) is 6.54 Å². The molecule has 3 aromatic heterocycles. The fourth-order valence-electron chi connectivity index (χ4n) is 2.28. The smallest absolute Gasteiger partial charge is 0.193 e. The molecule has 2 N–H and O–H groups in total. The van der Waals surface area contributed by atoms with E-state index in [4.69, 9.17) is 0 Å². The number of thiophene rings is 1. The number of aliphatic imine (C=N–C) groups is 1. The Morgan fingerprint density at radius 1 is 1.33 bits per heavy atom. The molecule has 3 rings (SSSR count). The summed E-state index contributed by atoms with van der Waals surface area (Å²) in [6, 6.07) is 4.28. The quantitative estimate of drug-likeness (QED) is 0.323. The number of guanidine groups is 1. The van der Waals surface area contributed by atoms with Crippen LogP contribution in [0, 0.1) is 0 Å². The third kappa shape index (κ3) is 4.93. The molecule has 0 spiro atoms. The lowest BCUT2D eigenvalue weighted by atomic mass is 10.1. The van der Waals surface area contributed by atoms with Gasteiger partial charge in [-0.2, -0.15) is 0 Å². The molecule has 0 fully saturated rings. The highest BCUT2D eigenvalue weighted by atomic mass is 127. The van der Waals surface area contributed by atoms with E-state index in [1.54, 1.807) is 22.7 Å². The largest absolute Gasteiger partial charge is 0.357 e. The van der Waals surface area contributed by atoms with E-state index >= 15 is 0 Å². The van der Waals surface area contributed by atoms with Crippen molar-refractivity contribution in [1.29, 1.82) is 0 Å². The van der Waals surface area contributed by atoms with Gasteiger partial charge in [0.25, 0.3) is 0 Å². The highest BCUT2D eigenvalue weighted by Gasteiger charge is 2.08. The SMILES string of the molecule is CCNC(=NCc1cn2ccsc2n1)NCC(C)c1cccs1.I. The van der Waals surface area contributed by atoms with Crippen LogP contribution in [0.5, 0.6) is 0 Å². The van der Waals surface area contributed by atoms with Gasteiger partial charge in [-0.3, -0.25) is 4.40 Å². The van der Waals surface area contributed by atoms with Crippen LogP contribution < -0.4 is 10.6 Å². The number of halogens is 1. The van der Waals surface area contributed by atoms with Gasteiger partial charge in [0.15, 0.2) is 10.9 Å². The van der Waals surface area contributed by atoms with E-state index in [9.17, 15) is 0 Å². The van der Waals surface area contributed by atoms with Crippen LogP contribution in [0.25, 0.3) is 4.96 Å². The van der Waals surface area contributed by atoms with Gasteiger partial charge in [0.2, 0.25) is 0 Å². The summed E-state index contributed by atoms with van der Waals surface area (Å²) in [6.07, 6.45) is 4.06. The fraction of sp³-hybridized carbons (Fsp3) is 0.375. The summed E-state index contributed by atoms with van der Waals surface area (Å²) in [4.78, 5) is 11.6. The van der Waals surface area contributed by atoms with Gasteiger partial charge in [-0.25, -0.2) is 9.98 Å². The summed E-state index contributed by atoms with van der Waals surface area (Å²) in [5.41, 5.74) is 0.986. The van der Waals surface area contributed by atoms with Crippen LogP contribution in [0.2, 0.25) is 0 Å². The molecule has 0 amide bonds. The third-order valence-electron chi connectivity index (χ3n) is 3.49. The zero-order valence-electron chi connectivity index (χ0n) is 13.7. The first-order chi connectivity index (χ1) is 11.3. The van der Waals surface area contributed by atoms with E-state index in [1.165, 1.54) is 4.88 Å². The number of hydrogen-bond donors (Lipinski definition) is 2. The summed E-state index contributed by atoms with van der Waals surface area (Å²) in [6.45, 7) is 6.59. The van der Waals surface area contributed by atoms with Crippen molar-refractivity contribution in [2.24, 2.45) is 4.99 Å². The number of aromatic nitrogens is 2. The van der Waals surface area contributed by atoms with Crippen molar-refractivity contribution in [1.82, 2.24) is 20.0 Å². The molecular formula is C16H22IN5S2. The van der Waals surface area contributed by atoms with Crippen LogP contribution >= 0.6 is 46.7 Å². The summed E-state index contributed by atoms with van der Waals surface area (Å²) in [7, 11) is 0. The molecule has 24 heavy (non-hydrogen) atoms. The first kappa shape index (κ1) is 19.2. The minimum atomic E-state index is 0. The Morgan fingerprint density at radius 3 is 2.92 bits per heavy atom. The lowest BCUT2D eigenvalue weighted by Crippen LogP contribution is -2.39. The van der Waals surface area contributed by atoms with E-state index in [0.717, 1.165) is 29.7 Å². The van der Waals surface area contributed by atoms with Crippen molar-refractivity contribution < 1.29 is 0 Å². The zero-order chi connectivity index (χ0) is 16.1. The van der Waals surface area contributed by atoms with Gasteiger partial charge < -0.3 is 10.6 Å². The summed E-state index contributed by atoms with van der Waals surface area (Å²) in [5, 5.41) is 10.9. The van der Waals surface area contributed by atoms with Crippen molar-refractivity contribution in [2.45, 2.75) is 26.3 Å². The molecule has 0 bridgehead atoms. The number of hydrogen-bond acceptors (Lipinski definition) is 4. The molecule has 0 aliphatic heterocycles. The molecule has 0 aliphatic carbocycles. The van der Waals surface area contributed by atoms with Crippen molar-refractivity contribution in [3.8, 4) is 0 Å². The van der Waals surface area contributed by atoms with Crippen LogP contribution in [0.3, 0.4) is 0 Å². The lowest BCUT2D eigenvalue weighted by molar-refractivity contribution is 0.709. The molecule has 1 atom stereocenters. The number of imidazole rings is 1. The van der Waals surface area contributed by atoms with Crippen molar-refractivity contribution in [3.63, 3.8) is 0 Å². The van der Waals surface area contributed by atoms with Crippen LogP contribution in [0.15, 0.2) is 40.3 Å². The highest BCUT2D eigenvalue weighted by molar-refractivity contribution is 14.0. The molecule has 0 saturated carbocycles. The van der Waals surface area contributed by atoms with Gasteiger partial charge in [0.1, 0.15) is 0 Å². The molecule has 1 unspecified atom stereocenters. The first-order valence-electron chi connectivity index (χ1n) is 7.73. The van der Waals surface area contributed by atoms with E-state index in [2.05, 4.69) is 52.0 Å². The highest BCUT2D eigenvalue weighted by Crippen LogP contribution is 2.19. The van der Waals surface area contributed by atoms with Crippen LogP contribution in [-0.4, -0.2) is 28.4 Å². The predicted octanol–water partition coefficient (Wildman–Crippen LogP) is 3.93. The normalized spacial score (nSPS) is 12.8. The van der Waals surface area contributed by atoms with E-state index in [1.807, 2.05) is 22.2 Å². The maximum Gasteiger partial charge on any atom is 0.193 e. The van der Waals surface area contributed by atoms with E-state index < -0.39 is 0 Å². The summed E-state index contributed by atoms with van der Waals surface area (Å²) >= 11 is 3.44. The number of fused-ring (bicyclic) bond motifs is 1. The summed E-state index contributed by atoms with van der Waals surface area (Å²) in [5.74, 6) is 1.31. The number of nitrogens with zero attached hydrogens (tertiary/aromatic N) is 3. The van der Waals surface area contributed by atoms with Crippen molar-refractivity contribution >= 4 is 57.6 Å². The number of nitrogens with one attached hydrogen (secondary N) is 2. The van der Waals surface area contributed by atoms with Gasteiger partial charge in [-0.05, 0) is 18.4 Å². The van der Waals surface area contributed by atoms with Crippen LogP contribution in [0.1, 0.15) is 30.3 Å². The molecule has 3 aromatic rings. The standard InChI is InChI=1S/C16H21N5S2.HI/c1-3-17-15(18-9-12(2)14-5-4-7-22-14)19-10-13-11-21-6-8-23-16(21)20-13;/h4-8,11-12H,3,9-10H2,1-2H3,(H2,17,18,19);1H. The average Bonchev–Trinajstić information content (AvgIpc) is 3.25. The summed E-state index contributed by atoms with van der Waals surface area (Å²) < 4.78 is 2.04. The molecule has 3 heterocycles. The van der Waals surface area contributed by atoms with Gasteiger partial charge >= 0.3 is 0 Å². The van der Waals surface area contributed by atoms with Gasteiger partial charge in [-0.15, -0.1) is 46.7 Å². The van der Waals surface area contributed by atoms with Crippen molar-refractivity contribution in [3.05, 3.63) is 45.9 Å². The minimum Gasteiger partial charge on any atom is -0.357 e. The molecule has 0 radical (unpaired) electrons. The second-order valence-electron chi connectivity index (χ2n) is 5.32. The Morgan fingerprint density at radius 2 is 2.21 bits per heavy atom. The third-order valence-corrected chi connectivity index (χ3v) is 5.37. The monoisotopic (exact) mass is 475 g/mol. The second kappa shape index (κ2) is 9.38. The van der Waals surface area contributed by atoms with Gasteiger partial charge in [-0.1, -0.05) is 13.0 Å². The van der Waals surface area contributed by atoms with Gasteiger partial charge in [0, 0.05) is 41.7 Å². The Bertz CT molecular complexity index is 734. The molecule has 130 valence electrons. The first-order valence-corrected chi connectivity index (χ1v) is 9.49. The molecule has 8 heteroatoms. The number of rotatable bonds is 6. The Labute approximate surface area is 167 Å². The van der Waals surface area contributed by atoms with Gasteiger partial charge in [0.05, 0.1) is 12.2 Å². The Kier molecular flexibility index (Phi) is 7.50. The maximum absolute atomic E-state index is 4.64. The second-order valence-corrected chi connectivity index (χ2v) is 7.17. The zero-order valence-corrected chi connectivity index (χ0v) is 17.7. The minimum absolute atomic E-state index is 0. The van der Waals surface area contributed by atoms with Crippen molar-refractivity contribution in [2.75, 3.05) is 13.1 Å². The molecule has 0 aromatic carbocycles.